The summed E-state index contributed by atoms with van der Waals surface area (Å²) in [7, 11) is 0. The summed E-state index contributed by atoms with van der Waals surface area (Å²) < 4.78 is 0. The van der Waals surface area contributed by atoms with Crippen LogP contribution >= 0.6 is 69.6 Å². The molecule has 20 heteroatoms. The molecular formula is C44H36Cl6N8O6. The number of anilines is 4. The third-order valence-corrected chi connectivity index (χ3v) is 10.7. The second-order valence-corrected chi connectivity index (χ2v) is 16.4. The van der Waals surface area contributed by atoms with Crippen LogP contribution in [0.3, 0.4) is 0 Å². The van der Waals surface area contributed by atoms with Gasteiger partial charge in [-0.1, -0.05) is 83.5 Å². The molecule has 0 saturated carbocycles. The maximum atomic E-state index is 13.6. The summed E-state index contributed by atoms with van der Waals surface area (Å²) in [5, 5.41) is 28.4. The monoisotopic (exact) mass is 982 g/mol. The van der Waals surface area contributed by atoms with Crippen LogP contribution in [0.4, 0.5) is 34.1 Å². The Kier molecular flexibility index (Phi) is 17.1. The van der Waals surface area contributed by atoms with Gasteiger partial charge in [-0.15, -0.1) is 0 Å². The number of rotatable bonds is 16. The van der Waals surface area contributed by atoms with Crippen molar-refractivity contribution in [2.24, 2.45) is 20.5 Å². The quantitative estimate of drug-likeness (QED) is 0.0560. The molecule has 5 aromatic carbocycles. The molecule has 4 N–H and O–H groups in total. The van der Waals surface area contributed by atoms with Gasteiger partial charge in [0.05, 0.1) is 32.8 Å². The average Bonchev–Trinajstić information content (AvgIpc) is 3.23. The molecule has 14 nitrogen and oxygen atoms in total. The molecule has 0 radical (unpaired) electrons. The fraction of sp³-hybridized carbons (Fsp3) is 0.182. The lowest BCUT2D eigenvalue weighted by molar-refractivity contribution is -0.127. The first-order valence-corrected chi connectivity index (χ1v) is 21.4. The lowest BCUT2D eigenvalue weighted by atomic mass is 9.98. The Labute approximate surface area is 397 Å². The summed E-state index contributed by atoms with van der Waals surface area (Å²) in [4.78, 5) is 78.7. The van der Waals surface area contributed by atoms with Crippen LogP contribution in [0, 0.1) is 0 Å². The third kappa shape index (κ3) is 12.9. The van der Waals surface area contributed by atoms with Gasteiger partial charge in [-0.2, -0.15) is 20.5 Å². The minimum Gasteiger partial charge on any atom is -0.323 e. The van der Waals surface area contributed by atoms with Crippen molar-refractivity contribution in [1.82, 2.24) is 0 Å². The zero-order chi connectivity index (χ0) is 46.8. The minimum atomic E-state index is -1.59. The number of nitrogens with one attached hydrogen (secondary N) is 4. The van der Waals surface area contributed by atoms with Crippen molar-refractivity contribution in [1.29, 1.82) is 0 Å². The summed E-state index contributed by atoms with van der Waals surface area (Å²) in [6.45, 7) is 6.02. The second kappa shape index (κ2) is 22.2. The number of amides is 4. The molecule has 0 aliphatic rings. The lowest BCUT2D eigenvalue weighted by Gasteiger charge is -2.20. The molecule has 330 valence electrons. The fourth-order valence-electron chi connectivity index (χ4n) is 6.12. The number of ketones is 2. The van der Waals surface area contributed by atoms with Crippen LogP contribution in [-0.2, 0) is 32.0 Å². The van der Waals surface area contributed by atoms with Crippen LogP contribution in [0.25, 0.3) is 0 Å². The second-order valence-electron chi connectivity index (χ2n) is 13.8. The van der Waals surface area contributed by atoms with Crippen LogP contribution in [-0.4, -0.2) is 47.3 Å². The van der Waals surface area contributed by atoms with Gasteiger partial charge < -0.3 is 21.3 Å². The standard InChI is InChI=1S/C44H36Cl6N8O6/c1-5-31-32(6-2)36(52-44(64)40(22(4)60)58-56-30-16-24(14-28(48)18-30)42(62)54-38-20-26(46)8-10-34(38)50)12-11-35(31)51-43(63)39(21(3)59)57-55-29-15-23(13-27(47)17-29)41(61)53-37-19-25(45)7-9-33(37)49/h7-20,39-40H,5-6H2,1-4H3,(H,51,63)(H,52,64)(H,53,61)(H,54,62). The molecule has 0 fully saturated rings. The van der Waals surface area contributed by atoms with E-state index in [0.717, 1.165) is 0 Å². The third-order valence-electron chi connectivity index (χ3n) is 9.14. The van der Waals surface area contributed by atoms with Crippen molar-refractivity contribution in [3.05, 3.63) is 137 Å². The summed E-state index contributed by atoms with van der Waals surface area (Å²) in [6, 6.07) is 17.3. The highest BCUT2D eigenvalue weighted by Gasteiger charge is 2.27. The number of Topliss-reactive ketones (excluding diaryl/α,β-unsaturated/α-hetero) is 2. The van der Waals surface area contributed by atoms with Gasteiger partial charge >= 0.3 is 0 Å². The van der Waals surface area contributed by atoms with E-state index in [1.54, 1.807) is 12.1 Å². The zero-order valence-electron chi connectivity index (χ0n) is 34.2. The molecular weight excluding hydrogens is 949 g/mol. The van der Waals surface area contributed by atoms with Crippen molar-refractivity contribution in [3.8, 4) is 0 Å². The van der Waals surface area contributed by atoms with Crippen LogP contribution < -0.4 is 21.3 Å². The molecule has 0 heterocycles. The lowest BCUT2D eigenvalue weighted by Crippen LogP contribution is -2.33. The highest BCUT2D eigenvalue weighted by atomic mass is 35.5. The number of carbonyl (C=O) groups is 6. The zero-order valence-corrected chi connectivity index (χ0v) is 38.7. The molecule has 5 rings (SSSR count). The Bertz CT molecular complexity index is 2560. The summed E-state index contributed by atoms with van der Waals surface area (Å²) in [5.41, 5.74) is 2.81. The van der Waals surface area contributed by atoms with Crippen LogP contribution in [0.1, 0.15) is 59.5 Å². The maximum Gasteiger partial charge on any atom is 0.258 e. The van der Waals surface area contributed by atoms with Gasteiger partial charge in [-0.25, -0.2) is 0 Å². The van der Waals surface area contributed by atoms with Crippen LogP contribution in [0.2, 0.25) is 30.1 Å². The highest BCUT2D eigenvalue weighted by Crippen LogP contribution is 2.32. The topological polar surface area (TPSA) is 200 Å². The van der Waals surface area contributed by atoms with Gasteiger partial charge in [-0.05, 0) is 123 Å². The molecule has 2 unspecified atom stereocenters. The van der Waals surface area contributed by atoms with Gasteiger partial charge in [0.2, 0.25) is 12.1 Å². The molecule has 0 aliphatic heterocycles. The first kappa shape index (κ1) is 49.3. The predicted octanol–water partition coefficient (Wildman–Crippen LogP) is 12.6. The van der Waals surface area contributed by atoms with E-state index in [1.165, 1.54) is 86.6 Å². The van der Waals surface area contributed by atoms with E-state index in [2.05, 4.69) is 41.7 Å². The maximum absolute atomic E-state index is 13.6. The van der Waals surface area contributed by atoms with Crippen molar-refractivity contribution in [3.63, 3.8) is 0 Å². The first-order valence-electron chi connectivity index (χ1n) is 19.1. The number of carbonyl (C=O) groups excluding carboxylic acids is 6. The Morgan fingerprint density at radius 1 is 0.469 bits per heavy atom. The number of hydrogen-bond donors (Lipinski definition) is 4. The van der Waals surface area contributed by atoms with Gasteiger partial charge in [0, 0.05) is 42.6 Å². The molecule has 0 aliphatic carbocycles. The molecule has 64 heavy (non-hydrogen) atoms. The van der Waals surface area contributed by atoms with Crippen molar-refractivity contribution >= 4 is 139 Å². The Morgan fingerprint density at radius 2 is 0.844 bits per heavy atom. The van der Waals surface area contributed by atoms with E-state index in [1.807, 2.05) is 13.8 Å². The van der Waals surface area contributed by atoms with Crippen molar-refractivity contribution in [2.75, 3.05) is 21.3 Å². The van der Waals surface area contributed by atoms with Gasteiger partial charge in [0.25, 0.3) is 23.6 Å². The largest absolute Gasteiger partial charge is 0.323 e. The molecule has 0 bridgehead atoms. The van der Waals surface area contributed by atoms with Crippen LogP contribution in [0.5, 0.6) is 0 Å². The Hall–Kier alpha value is -5.74. The first-order chi connectivity index (χ1) is 30.4. The smallest absolute Gasteiger partial charge is 0.258 e. The fourth-order valence-corrected chi connectivity index (χ4v) is 7.26. The van der Waals surface area contributed by atoms with E-state index in [9.17, 15) is 28.8 Å². The number of halogens is 6. The number of hydrogen-bond acceptors (Lipinski definition) is 10. The molecule has 4 amide bonds. The Balaban J connectivity index is 1.31. The van der Waals surface area contributed by atoms with E-state index >= 15 is 0 Å². The van der Waals surface area contributed by atoms with E-state index in [0.29, 0.717) is 45.4 Å². The van der Waals surface area contributed by atoms with Gasteiger partial charge in [0.15, 0.2) is 11.6 Å². The molecule has 0 aromatic heterocycles. The molecule has 2 atom stereocenters. The predicted molar refractivity (Wildman–Crippen MR) is 252 cm³/mol. The van der Waals surface area contributed by atoms with Crippen LogP contribution in [0.15, 0.2) is 105 Å². The summed E-state index contributed by atoms with van der Waals surface area (Å²) in [6.07, 6.45) is 0.763. The van der Waals surface area contributed by atoms with Gasteiger partial charge in [-0.3, -0.25) is 28.8 Å². The molecule has 5 aromatic rings. The van der Waals surface area contributed by atoms with E-state index < -0.39 is 47.3 Å². The normalized spacial score (nSPS) is 12.2. The summed E-state index contributed by atoms with van der Waals surface area (Å²) >= 11 is 37.0. The Morgan fingerprint density at radius 3 is 1.19 bits per heavy atom. The average molecular weight is 986 g/mol. The minimum absolute atomic E-state index is 0.0836. The van der Waals surface area contributed by atoms with Crippen molar-refractivity contribution < 1.29 is 28.8 Å². The summed E-state index contributed by atoms with van der Waals surface area (Å²) in [5.74, 6) is -4.02. The van der Waals surface area contributed by atoms with E-state index in [-0.39, 0.29) is 54.0 Å². The molecule has 0 spiro atoms. The number of benzene rings is 5. The van der Waals surface area contributed by atoms with Gasteiger partial charge in [0.1, 0.15) is 0 Å². The number of nitrogens with zero attached hydrogens (tertiary/aromatic N) is 4. The van der Waals surface area contributed by atoms with E-state index in [4.69, 9.17) is 69.6 Å². The number of azo groups is 2. The van der Waals surface area contributed by atoms with Crippen molar-refractivity contribution in [2.45, 2.75) is 52.6 Å². The SMILES string of the molecule is CCc1c(NC(=O)C(N=Nc2cc(Cl)cc(C(=O)Nc3cc(Cl)ccc3Cl)c2)C(C)=O)ccc(NC(=O)C(N=Nc2cc(Cl)cc(C(=O)Nc3cc(Cl)ccc3Cl)c2)C(C)=O)c1CC. The highest BCUT2D eigenvalue weighted by molar-refractivity contribution is 6.37. The molecule has 0 saturated heterocycles.